The molecule has 0 unspecified atom stereocenters. The summed E-state index contributed by atoms with van der Waals surface area (Å²) < 4.78 is 24.7. The van der Waals surface area contributed by atoms with Crippen molar-refractivity contribution >= 4 is 23.7 Å². The van der Waals surface area contributed by atoms with E-state index in [1.54, 1.807) is 36.4 Å². The van der Waals surface area contributed by atoms with Crippen LogP contribution in [-0.2, 0) is 36.0 Å². The lowest BCUT2D eigenvalue weighted by atomic mass is 10.1. The third-order valence-corrected chi connectivity index (χ3v) is 9.31. The molecule has 6 aromatic rings. The van der Waals surface area contributed by atoms with Crippen molar-refractivity contribution in [2.24, 2.45) is 0 Å². The number of aliphatic carboxylic acids is 1. The first-order chi connectivity index (χ1) is 29.8. The Labute approximate surface area is 354 Å². The van der Waals surface area contributed by atoms with E-state index in [9.17, 15) is 24.3 Å². The Morgan fingerprint density at radius 1 is 0.475 bits per heavy atom. The van der Waals surface area contributed by atoms with E-state index < -0.39 is 30.1 Å². The molecule has 0 spiro atoms. The maximum Gasteiger partial charge on any atom is 0.303 e. The minimum atomic E-state index is -1.16. The third-order valence-electron chi connectivity index (χ3n) is 9.31. The van der Waals surface area contributed by atoms with Crippen LogP contribution in [0.15, 0.2) is 158 Å². The van der Waals surface area contributed by atoms with Gasteiger partial charge in [-0.3, -0.25) is 29.6 Å². The molecule has 3 amide bonds. The van der Waals surface area contributed by atoms with Gasteiger partial charge in [0, 0.05) is 19.5 Å². The lowest BCUT2D eigenvalue weighted by Crippen LogP contribution is -2.47. The summed E-state index contributed by atoms with van der Waals surface area (Å²) in [7, 11) is 0. The molecule has 6 aromatic carbocycles. The molecule has 0 fully saturated rings. The van der Waals surface area contributed by atoms with Crippen LogP contribution in [0, 0.1) is 0 Å². The monoisotopic (exact) mass is 821 g/mol. The molecule has 0 heterocycles. The quantitative estimate of drug-likeness (QED) is 0.0482. The number of para-hydroxylation sites is 2. The maximum atomic E-state index is 14.0. The normalized spacial score (nSPS) is 10.6. The van der Waals surface area contributed by atoms with Gasteiger partial charge in [0.2, 0.25) is 5.91 Å². The molecule has 3 N–H and O–H groups in total. The smallest absolute Gasteiger partial charge is 0.303 e. The van der Waals surface area contributed by atoms with E-state index in [1.807, 2.05) is 121 Å². The molecular formula is C49H47N3O9. The fourth-order valence-corrected chi connectivity index (χ4v) is 6.15. The van der Waals surface area contributed by atoms with Crippen molar-refractivity contribution in [2.75, 3.05) is 13.1 Å². The molecule has 0 aliphatic heterocycles. The van der Waals surface area contributed by atoms with Crippen molar-refractivity contribution in [3.05, 3.63) is 191 Å². The van der Waals surface area contributed by atoms with E-state index >= 15 is 0 Å². The number of hydrazine groups is 1. The zero-order valence-electron chi connectivity index (χ0n) is 33.5. The molecule has 12 nitrogen and oxygen atoms in total. The number of carbonyl (C=O) groups excluding carboxylic acids is 3. The highest BCUT2D eigenvalue weighted by Gasteiger charge is 2.24. The van der Waals surface area contributed by atoms with Crippen molar-refractivity contribution in [2.45, 2.75) is 45.7 Å². The number of nitrogens with one attached hydrogen (secondary N) is 2. The van der Waals surface area contributed by atoms with Gasteiger partial charge in [0.15, 0.2) is 23.0 Å². The van der Waals surface area contributed by atoms with E-state index in [2.05, 4.69) is 10.7 Å². The maximum absolute atomic E-state index is 14.0. The van der Waals surface area contributed by atoms with Crippen LogP contribution in [0.4, 0.5) is 0 Å². The van der Waals surface area contributed by atoms with Gasteiger partial charge in [-0.1, -0.05) is 133 Å². The van der Waals surface area contributed by atoms with Crippen molar-refractivity contribution in [1.82, 2.24) is 15.8 Å². The molecule has 0 aromatic heterocycles. The van der Waals surface area contributed by atoms with E-state index in [1.165, 1.54) is 0 Å². The van der Waals surface area contributed by atoms with Crippen molar-refractivity contribution in [1.29, 1.82) is 0 Å². The number of carbonyl (C=O) groups is 4. The number of rotatable bonds is 21. The summed E-state index contributed by atoms with van der Waals surface area (Å²) in [5.74, 6) is -1.73. The number of ether oxygens (including phenoxy) is 4. The Bertz CT molecular complexity index is 2340. The minimum Gasteiger partial charge on any atom is -0.485 e. The molecule has 0 saturated carbocycles. The highest BCUT2D eigenvalue weighted by atomic mass is 16.5. The van der Waals surface area contributed by atoms with E-state index in [0.29, 0.717) is 11.5 Å². The zero-order chi connectivity index (χ0) is 42.7. The Morgan fingerprint density at radius 3 is 1.31 bits per heavy atom. The van der Waals surface area contributed by atoms with Gasteiger partial charge < -0.3 is 29.4 Å². The third kappa shape index (κ3) is 13.2. The van der Waals surface area contributed by atoms with Crippen LogP contribution in [0.1, 0.15) is 62.2 Å². The Kier molecular flexibility index (Phi) is 15.9. The van der Waals surface area contributed by atoms with Gasteiger partial charge in [-0.25, -0.2) is 0 Å². The summed E-state index contributed by atoms with van der Waals surface area (Å²) in [6.45, 7) is 0.850. The molecule has 12 heteroatoms. The zero-order valence-corrected chi connectivity index (χ0v) is 33.5. The number of carboxylic acids is 1. The Balaban J connectivity index is 1.15. The highest BCUT2D eigenvalue weighted by Crippen LogP contribution is 2.34. The van der Waals surface area contributed by atoms with Crippen LogP contribution in [0.2, 0.25) is 0 Å². The predicted molar refractivity (Wildman–Crippen MR) is 229 cm³/mol. The van der Waals surface area contributed by atoms with Crippen LogP contribution in [0.25, 0.3) is 0 Å². The van der Waals surface area contributed by atoms with E-state index in [-0.39, 0.29) is 75.0 Å². The summed E-state index contributed by atoms with van der Waals surface area (Å²) >= 11 is 0. The van der Waals surface area contributed by atoms with Gasteiger partial charge in [-0.2, -0.15) is 0 Å². The molecule has 0 radical (unpaired) electrons. The minimum absolute atomic E-state index is 0.0491. The second-order valence-corrected chi connectivity index (χ2v) is 13.9. The first-order valence-electron chi connectivity index (χ1n) is 19.9. The van der Waals surface area contributed by atoms with Crippen LogP contribution < -0.4 is 29.7 Å². The fourth-order valence-electron chi connectivity index (χ4n) is 6.15. The molecule has 0 aliphatic rings. The van der Waals surface area contributed by atoms with Crippen LogP contribution in [-0.4, -0.2) is 46.9 Å². The second kappa shape index (κ2) is 22.5. The molecule has 0 saturated heterocycles. The van der Waals surface area contributed by atoms with Crippen molar-refractivity contribution in [3.8, 4) is 23.0 Å². The average Bonchev–Trinajstić information content (AvgIpc) is 3.30. The first-order valence-corrected chi connectivity index (χ1v) is 19.9. The van der Waals surface area contributed by atoms with Crippen molar-refractivity contribution < 1.29 is 43.2 Å². The lowest BCUT2D eigenvalue weighted by molar-refractivity contribution is -0.141. The van der Waals surface area contributed by atoms with Gasteiger partial charge in [0.05, 0.1) is 17.5 Å². The number of nitrogens with zero attached hydrogens (tertiary/aromatic N) is 1. The van der Waals surface area contributed by atoms with Crippen LogP contribution in [0.3, 0.4) is 0 Å². The van der Waals surface area contributed by atoms with Crippen LogP contribution in [0.5, 0.6) is 23.0 Å². The summed E-state index contributed by atoms with van der Waals surface area (Å²) in [4.78, 5) is 52.5. The molecule has 0 atom stereocenters. The lowest BCUT2D eigenvalue weighted by Gasteiger charge is -2.24. The topological polar surface area (TPSA) is 153 Å². The second-order valence-electron chi connectivity index (χ2n) is 13.9. The van der Waals surface area contributed by atoms with Gasteiger partial charge in [-0.05, 0) is 52.9 Å². The van der Waals surface area contributed by atoms with Gasteiger partial charge >= 0.3 is 5.97 Å². The number of benzene rings is 6. The average molecular weight is 822 g/mol. The van der Waals surface area contributed by atoms with Gasteiger partial charge in [0.1, 0.15) is 26.4 Å². The predicted octanol–water partition coefficient (Wildman–Crippen LogP) is 8.16. The van der Waals surface area contributed by atoms with Gasteiger partial charge in [0.25, 0.3) is 11.8 Å². The van der Waals surface area contributed by atoms with Gasteiger partial charge in [-0.15, -0.1) is 0 Å². The SMILES string of the molecule is O=C(O)CCC(=O)N(CCCNC(=O)c1cccc(OCc2ccccc2)c1OCc1ccccc1)NC(=O)c1cccc(OCc2ccccc2)c1OCc1ccccc1. The molecule has 61 heavy (non-hydrogen) atoms. The van der Waals surface area contributed by atoms with Crippen molar-refractivity contribution in [3.63, 3.8) is 0 Å². The summed E-state index contributed by atoms with van der Waals surface area (Å²) in [6, 6.07) is 48.2. The molecule has 6 rings (SSSR count). The summed E-state index contributed by atoms with van der Waals surface area (Å²) in [5, 5.41) is 13.3. The molecule has 0 aliphatic carbocycles. The van der Waals surface area contributed by atoms with E-state index in [4.69, 9.17) is 18.9 Å². The molecular weight excluding hydrogens is 775 g/mol. The Morgan fingerprint density at radius 2 is 0.885 bits per heavy atom. The Hall–Kier alpha value is -7.60. The highest BCUT2D eigenvalue weighted by molar-refractivity contribution is 5.99. The summed E-state index contributed by atoms with van der Waals surface area (Å²) in [6.07, 6.45) is -0.602. The largest absolute Gasteiger partial charge is 0.485 e. The molecule has 312 valence electrons. The standard InChI is InChI=1S/C49H47N3O9/c53-44(28-29-45(54)55)52(51-49(57)41-25-14-27-43(59-33-37-18-7-2-8-19-37)47(41)61-35-39-22-11-4-12-23-39)31-15-30-50-48(56)40-24-13-26-42(58-32-36-16-5-1-6-17-36)46(40)60-34-38-20-9-3-10-21-38/h1-14,16-27H,15,28-35H2,(H,50,56)(H,51,57)(H,54,55). The number of carboxylic acid groups (broad SMARTS) is 1. The number of hydrogen-bond donors (Lipinski definition) is 3. The van der Waals surface area contributed by atoms with Crippen LogP contribution >= 0.6 is 0 Å². The number of amides is 3. The summed E-state index contributed by atoms with van der Waals surface area (Å²) in [5.41, 5.74) is 6.63. The van der Waals surface area contributed by atoms with E-state index in [0.717, 1.165) is 27.3 Å². The molecule has 0 bridgehead atoms. The fraction of sp³-hybridized carbons (Fsp3) is 0.184. The first kappa shape index (κ1) is 43.0. The number of hydrogen-bond acceptors (Lipinski definition) is 8.